The van der Waals surface area contributed by atoms with Gasteiger partial charge in [-0.05, 0) is 70.6 Å². The summed E-state index contributed by atoms with van der Waals surface area (Å²) in [7, 11) is 0. The van der Waals surface area contributed by atoms with Crippen LogP contribution in [0, 0.1) is 0 Å². The third-order valence-electron chi connectivity index (χ3n) is 14.9. The number of aliphatic hydroxyl groups excluding tert-OH is 8. The first-order valence-corrected chi connectivity index (χ1v) is 31.3. The zero-order valence-electron chi connectivity index (χ0n) is 49.1. The zero-order valence-corrected chi connectivity index (χ0v) is 49.1. The van der Waals surface area contributed by atoms with Gasteiger partial charge in [-0.15, -0.1) is 0 Å². The number of carbonyl (C=O) groups is 1. The predicted molar refractivity (Wildman–Crippen MR) is 318 cm³/mol. The lowest BCUT2D eigenvalue weighted by Gasteiger charge is -2.46. The zero-order chi connectivity index (χ0) is 57.4. The van der Waals surface area contributed by atoms with Crippen molar-refractivity contribution in [2.75, 3.05) is 19.8 Å². The van der Waals surface area contributed by atoms with E-state index in [4.69, 9.17) is 18.9 Å². The number of hydrogen-bond acceptors (Lipinski definition) is 13. The highest BCUT2D eigenvalue weighted by atomic mass is 16.7. The van der Waals surface area contributed by atoms with Gasteiger partial charge in [-0.1, -0.05) is 234 Å². The van der Waals surface area contributed by atoms with Crippen molar-refractivity contribution in [2.45, 2.75) is 299 Å². The second-order valence-corrected chi connectivity index (χ2v) is 21.8. The lowest BCUT2D eigenvalue weighted by molar-refractivity contribution is -0.359. The van der Waals surface area contributed by atoms with Crippen LogP contribution < -0.4 is 5.32 Å². The molecule has 9 N–H and O–H groups in total. The minimum Gasteiger partial charge on any atom is -0.394 e. The molecule has 456 valence electrons. The number of nitrogens with one attached hydrogen (secondary N) is 1. The molecular formula is C65H113NO13. The quantitative estimate of drug-likeness (QED) is 0.0204. The van der Waals surface area contributed by atoms with E-state index in [0.717, 1.165) is 96.3 Å². The van der Waals surface area contributed by atoms with Crippen LogP contribution in [-0.2, 0) is 23.7 Å². The Bertz CT molecular complexity index is 1650. The van der Waals surface area contributed by atoms with Gasteiger partial charge in [0.05, 0.1) is 32.0 Å². The van der Waals surface area contributed by atoms with E-state index in [1.165, 1.54) is 103 Å². The molecule has 2 rings (SSSR count). The van der Waals surface area contributed by atoms with E-state index >= 15 is 0 Å². The first-order chi connectivity index (χ1) is 38.6. The summed E-state index contributed by atoms with van der Waals surface area (Å²) in [5.74, 6) is -0.216. The van der Waals surface area contributed by atoms with Crippen molar-refractivity contribution < 1.29 is 64.6 Å². The van der Waals surface area contributed by atoms with Gasteiger partial charge in [-0.3, -0.25) is 4.79 Å². The second kappa shape index (κ2) is 49.8. The van der Waals surface area contributed by atoms with Gasteiger partial charge in [0.2, 0.25) is 5.91 Å². The molecule has 79 heavy (non-hydrogen) atoms. The van der Waals surface area contributed by atoms with Crippen molar-refractivity contribution in [3.63, 3.8) is 0 Å². The molecule has 1 amide bonds. The van der Waals surface area contributed by atoms with Gasteiger partial charge in [-0.2, -0.15) is 0 Å². The smallest absolute Gasteiger partial charge is 0.220 e. The number of allylic oxidation sites excluding steroid dienone is 14. The molecule has 0 aliphatic carbocycles. The van der Waals surface area contributed by atoms with Crippen molar-refractivity contribution >= 4 is 5.91 Å². The van der Waals surface area contributed by atoms with Gasteiger partial charge < -0.3 is 65.1 Å². The Balaban J connectivity index is 1.46. The van der Waals surface area contributed by atoms with Crippen LogP contribution in [0.2, 0.25) is 0 Å². The molecular weight excluding hydrogens is 1000 g/mol. The van der Waals surface area contributed by atoms with Crippen LogP contribution in [0.5, 0.6) is 0 Å². The summed E-state index contributed by atoms with van der Waals surface area (Å²) >= 11 is 0. The highest BCUT2D eigenvalue weighted by Gasteiger charge is 2.51. The molecule has 12 atom stereocenters. The number of amides is 1. The topological polar surface area (TPSA) is 228 Å². The van der Waals surface area contributed by atoms with Crippen LogP contribution >= 0.6 is 0 Å². The molecule has 14 heteroatoms. The second-order valence-electron chi connectivity index (χ2n) is 21.8. The van der Waals surface area contributed by atoms with E-state index in [1.807, 2.05) is 0 Å². The summed E-state index contributed by atoms with van der Waals surface area (Å²) < 4.78 is 22.6. The van der Waals surface area contributed by atoms with Crippen molar-refractivity contribution in [3.05, 3.63) is 85.1 Å². The van der Waals surface area contributed by atoms with Crippen LogP contribution in [0.1, 0.15) is 226 Å². The Hall–Kier alpha value is -2.83. The molecule has 2 aliphatic rings. The fraction of sp³-hybridized carbons (Fsp3) is 0.769. The minimum atomic E-state index is -1.78. The maximum Gasteiger partial charge on any atom is 0.220 e. The summed E-state index contributed by atoms with van der Waals surface area (Å²) in [6.07, 6.45) is 51.5. The predicted octanol–water partition coefficient (Wildman–Crippen LogP) is 11.3. The normalized spacial score (nSPS) is 25.0. The number of hydrogen-bond donors (Lipinski definition) is 9. The molecule has 0 aromatic carbocycles. The van der Waals surface area contributed by atoms with Crippen molar-refractivity contribution in [1.29, 1.82) is 0 Å². The molecule has 0 bridgehead atoms. The fourth-order valence-electron chi connectivity index (χ4n) is 9.86. The van der Waals surface area contributed by atoms with Crippen molar-refractivity contribution in [2.24, 2.45) is 0 Å². The summed E-state index contributed by atoms with van der Waals surface area (Å²) in [5, 5.41) is 86.4. The molecule has 2 heterocycles. The first kappa shape index (κ1) is 72.3. The molecule has 0 aromatic rings. The lowest BCUT2D eigenvalue weighted by Crippen LogP contribution is -2.65. The van der Waals surface area contributed by atoms with Crippen LogP contribution in [0.4, 0.5) is 0 Å². The van der Waals surface area contributed by atoms with E-state index in [-0.39, 0.29) is 12.5 Å². The lowest BCUT2D eigenvalue weighted by atomic mass is 9.97. The number of rotatable bonds is 49. The Kier molecular flexibility index (Phi) is 45.5. The molecule has 2 saturated heterocycles. The summed E-state index contributed by atoms with van der Waals surface area (Å²) in [4.78, 5) is 13.1. The van der Waals surface area contributed by atoms with Crippen LogP contribution in [-0.4, -0.2) is 140 Å². The number of unbranched alkanes of at least 4 members (excludes halogenated alkanes) is 22. The van der Waals surface area contributed by atoms with Crippen molar-refractivity contribution in [3.8, 4) is 0 Å². The molecule has 0 radical (unpaired) electrons. The highest BCUT2D eigenvalue weighted by Crippen LogP contribution is 2.30. The number of ether oxygens (including phenoxy) is 4. The largest absolute Gasteiger partial charge is 0.394 e. The van der Waals surface area contributed by atoms with E-state index in [2.05, 4.69) is 104 Å². The van der Waals surface area contributed by atoms with E-state index in [9.17, 15) is 45.6 Å². The number of carbonyl (C=O) groups excluding carboxylic acids is 1. The van der Waals surface area contributed by atoms with Crippen LogP contribution in [0.25, 0.3) is 0 Å². The van der Waals surface area contributed by atoms with E-state index in [1.54, 1.807) is 0 Å². The molecule has 0 aromatic heterocycles. The van der Waals surface area contributed by atoms with E-state index in [0.29, 0.717) is 12.8 Å². The Labute approximate surface area is 478 Å². The molecule has 14 nitrogen and oxygen atoms in total. The average Bonchev–Trinajstić information content (AvgIpc) is 3.45. The molecule has 0 spiro atoms. The van der Waals surface area contributed by atoms with Gasteiger partial charge in [0.25, 0.3) is 0 Å². The Morgan fingerprint density at radius 1 is 0.468 bits per heavy atom. The van der Waals surface area contributed by atoms with E-state index < -0.39 is 86.8 Å². The summed E-state index contributed by atoms with van der Waals surface area (Å²) in [5.41, 5.74) is 0. The van der Waals surface area contributed by atoms with Crippen LogP contribution in [0.3, 0.4) is 0 Å². The summed E-state index contributed by atoms with van der Waals surface area (Å²) in [6.45, 7) is 2.60. The summed E-state index contributed by atoms with van der Waals surface area (Å²) in [6, 6.07) is -0.826. The Morgan fingerprint density at radius 2 is 0.873 bits per heavy atom. The maximum atomic E-state index is 13.1. The first-order valence-electron chi connectivity index (χ1n) is 31.3. The molecule has 2 fully saturated rings. The van der Waals surface area contributed by atoms with Gasteiger partial charge in [0.15, 0.2) is 12.6 Å². The standard InChI is InChI=1S/C65H113NO13/c1-3-5-7-9-10-11-12-13-14-15-16-17-18-19-20-21-22-23-24-25-26-27-28-29-30-31-32-33-34-35-36-37-38-39-40-41-42-43-44-45-47-49-57(70)66-53(54(69)48-46-8-6-4-2)52-76-64-62(75)60(73)63(56(51-68)78-64)79-65-61(74)59(72)58(71)55(50-67)77-65/h5,7,10-11,13-14,16-17,19-20,22-23,25-26,53-56,58-65,67-69,71-75H,3-4,6,8-9,12,15,18,21,24,27-52H2,1-2H3,(H,66,70)/b7-5-,11-10-,14-13-,17-16-,20-19-,23-22-,26-25-. The van der Waals surface area contributed by atoms with Crippen LogP contribution in [0.15, 0.2) is 85.1 Å². The molecule has 2 aliphatic heterocycles. The molecule has 12 unspecified atom stereocenters. The monoisotopic (exact) mass is 1120 g/mol. The third kappa shape index (κ3) is 35.0. The minimum absolute atomic E-state index is 0.216. The Morgan fingerprint density at radius 3 is 1.33 bits per heavy atom. The van der Waals surface area contributed by atoms with Crippen molar-refractivity contribution in [1.82, 2.24) is 5.32 Å². The number of aliphatic hydroxyl groups is 8. The third-order valence-corrected chi connectivity index (χ3v) is 14.9. The average molecular weight is 1120 g/mol. The van der Waals surface area contributed by atoms with Gasteiger partial charge in [-0.25, -0.2) is 0 Å². The van der Waals surface area contributed by atoms with Gasteiger partial charge in [0.1, 0.15) is 48.8 Å². The van der Waals surface area contributed by atoms with Gasteiger partial charge >= 0.3 is 0 Å². The SMILES string of the molecule is CC/C=C\C/C=C\C/C=C\C/C=C\C/C=C\C/C=C\C/C=C\CCCCCCCCCCCCCCCCCCCCCC(=O)NC(COC1OC(CO)C(OC2OC(CO)C(O)C(O)C2O)C(O)C1O)C(O)CCCCCC. The maximum absolute atomic E-state index is 13.1. The highest BCUT2D eigenvalue weighted by molar-refractivity contribution is 5.76. The fourth-order valence-corrected chi connectivity index (χ4v) is 9.86. The van der Waals surface area contributed by atoms with Gasteiger partial charge in [0, 0.05) is 6.42 Å². The molecule has 0 saturated carbocycles.